The molecule has 8 heteroatoms. The van der Waals surface area contributed by atoms with E-state index in [0.29, 0.717) is 37.9 Å². The van der Waals surface area contributed by atoms with Crippen molar-refractivity contribution in [2.24, 2.45) is 11.7 Å². The maximum absolute atomic E-state index is 13.2. The van der Waals surface area contributed by atoms with Crippen LogP contribution in [0.3, 0.4) is 0 Å². The van der Waals surface area contributed by atoms with Crippen molar-refractivity contribution < 1.29 is 19.1 Å². The van der Waals surface area contributed by atoms with Gasteiger partial charge in [-0.05, 0) is 49.1 Å². The molecule has 1 saturated heterocycles. The number of amides is 2. The van der Waals surface area contributed by atoms with E-state index in [1.165, 1.54) is 23.6 Å². The van der Waals surface area contributed by atoms with E-state index < -0.39 is 0 Å². The first kappa shape index (κ1) is 28.1. The van der Waals surface area contributed by atoms with Crippen LogP contribution in [-0.4, -0.2) is 74.0 Å². The molecule has 0 radical (unpaired) electrons. The molecule has 1 aliphatic carbocycles. The third kappa shape index (κ3) is 7.68. The molecule has 1 aromatic carbocycles. The van der Waals surface area contributed by atoms with Crippen LogP contribution >= 0.6 is 0 Å². The summed E-state index contributed by atoms with van der Waals surface area (Å²) in [7, 11) is 1.84. The smallest absolute Gasteiger partial charge is 0.302 e. The molecule has 1 aliphatic heterocycles. The summed E-state index contributed by atoms with van der Waals surface area (Å²) in [4.78, 5) is 37.6. The Labute approximate surface area is 209 Å². The van der Waals surface area contributed by atoms with Gasteiger partial charge in [-0.15, -0.1) is 6.58 Å². The fraction of sp³-hybridized carbons (Fsp3) is 0.519. The van der Waals surface area contributed by atoms with Gasteiger partial charge in [0.25, 0.3) is 0 Å². The number of likely N-dealkylation sites (tertiary alicyclic amines) is 1. The van der Waals surface area contributed by atoms with E-state index in [-0.39, 0.29) is 17.8 Å². The van der Waals surface area contributed by atoms with Crippen LogP contribution in [0.15, 0.2) is 43.1 Å². The summed E-state index contributed by atoms with van der Waals surface area (Å²) in [5.74, 6) is 0.0931. The van der Waals surface area contributed by atoms with Gasteiger partial charge in [-0.1, -0.05) is 30.3 Å². The number of esters is 1. The number of nitrogens with zero attached hydrogens (tertiary/aromatic N) is 2. The lowest BCUT2D eigenvalue weighted by Crippen LogP contribution is -2.52. The van der Waals surface area contributed by atoms with Gasteiger partial charge in [-0.25, -0.2) is 0 Å². The fourth-order valence-corrected chi connectivity index (χ4v) is 5.00. The molecule has 2 aliphatic rings. The van der Waals surface area contributed by atoms with E-state index in [2.05, 4.69) is 35.0 Å². The Morgan fingerprint density at radius 1 is 1.34 bits per heavy atom. The van der Waals surface area contributed by atoms with Crippen molar-refractivity contribution in [2.45, 2.75) is 45.1 Å². The first-order chi connectivity index (χ1) is 16.9. The van der Waals surface area contributed by atoms with Gasteiger partial charge in [0.2, 0.25) is 12.3 Å². The number of hydrogen-bond donors (Lipinski definition) is 2. The Bertz CT molecular complexity index is 901. The topological polar surface area (TPSA) is 105 Å². The second-order valence-corrected chi connectivity index (χ2v) is 8.96. The van der Waals surface area contributed by atoms with Crippen molar-refractivity contribution >= 4 is 23.9 Å². The maximum Gasteiger partial charge on any atom is 0.302 e. The highest BCUT2D eigenvalue weighted by atomic mass is 16.5. The average molecular weight is 485 g/mol. The third-order valence-corrected chi connectivity index (χ3v) is 6.58. The Balaban J connectivity index is 0.000000784. The Morgan fingerprint density at radius 3 is 2.69 bits per heavy atom. The van der Waals surface area contributed by atoms with E-state index in [1.54, 1.807) is 11.1 Å². The molecule has 8 nitrogen and oxygen atoms in total. The Morgan fingerprint density at radius 2 is 2.09 bits per heavy atom. The second-order valence-electron chi connectivity index (χ2n) is 8.96. The summed E-state index contributed by atoms with van der Waals surface area (Å²) in [5.41, 5.74) is 9.63. The quantitative estimate of drug-likeness (QED) is 0.242. The fourth-order valence-electron chi connectivity index (χ4n) is 5.00. The Kier molecular flexibility index (Phi) is 11.5. The standard InChI is InChI=1S/C24H33N3O3.C3H7NO/c1-4-10-27-16-19(24(29)26(3)11-7-12-30-17(2)28)13-22-21-9-6-5-8-20(21)18(15-25)14-23(22)27;1-2-4-3-5/h4-6,8-9,15,19,22-23H,1,7,10-14,16,25H2,2-3H3;3H,2H2,1H3,(H,4,5)/b18-15-;/t19?,22?,23-;/m1./s1. The molecule has 1 heterocycles. The third-order valence-electron chi connectivity index (χ3n) is 6.58. The van der Waals surface area contributed by atoms with Crippen LogP contribution in [0, 0.1) is 5.92 Å². The predicted molar refractivity (Wildman–Crippen MR) is 138 cm³/mol. The van der Waals surface area contributed by atoms with Gasteiger partial charge < -0.3 is 20.7 Å². The number of carbonyl (C=O) groups excluding carboxylic acids is 3. The van der Waals surface area contributed by atoms with Crippen LogP contribution in [0.2, 0.25) is 0 Å². The molecule has 0 aromatic heterocycles. The lowest BCUT2D eigenvalue weighted by atomic mass is 9.70. The highest BCUT2D eigenvalue weighted by Gasteiger charge is 2.43. The molecule has 0 saturated carbocycles. The molecule has 3 rings (SSSR count). The van der Waals surface area contributed by atoms with Crippen molar-refractivity contribution in [1.29, 1.82) is 0 Å². The second kappa shape index (κ2) is 14.3. The van der Waals surface area contributed by atoms with Crippen LogP contribution in [-0.2, 0) is 19.1 Å². The summed E-state index contributed by atoms with van der Waals surface area (Å²) < 4.78 is 4.99. The number of nitrogens with two attached hydrogens (primary N) is 1. The Hall–Kier alpha value is -3.13. The zero-order valence-electron chi connectivity index (χ0n) is 21.2. The lowest BCUT2D eigenvalue weighted by Gasteiger charge is -2.48. The van der Waals surface area contributed by atoms with Gasteiger partial charge in [0.05, 0.1) is 12.5 Å². The maximum atomic E-state index is 13.2. The summed E-state index contributed by atoms with van der Waals surface area (Å²) in [6, 6.07) is 8.75. The largest absolute Gasteiger partial charge is 0.466 e. The highest BCUT2D eigenvalue weighted by molar-refractivity contribution is 5.79. The number of nitrogens with one attached hydrogen (secondary N) is 1. The molecule has 0 bridgehead atoms. The van der Waals surface area contributed by atoms with Gasteiger partial charge in [0.1, 0.15) is 0 Å². The number of hydrogen-bond acceptors (Lipinski definition) is 6. The van der Waals surface area contributed by atoms with Crippen molar-refractivity contribution in [3.63, 3.8) is 0 Å². The number of piperidine rings is 1. The van der Waals surface area contributed by atoms with E-state index in [0.717, 1.165) is 32.5 Å². The number of fused-ring (bicyclic) bond motifs is 3. The van der Waals surface area contributed by atoms with Crippen molar-refractivity contribution in [1.82, 2.24) is 15.1 Å². The first-order valence-corrected chi connectivity index (χ1v) is 12.3. The van der Waals surface area contributed by atoms with E-state index in [1.807, 2.05) is 26.1 Å². The molecule has 35 heavy (non-hydrogen) atoms. The van der Waals surface area contributed by atoms with Gasteiger partial charge in [-0.3, -0.25) is 19.3 Å². The average Bonchev–Trinajstić information content (AvgIpc) is 2.86. The first-order valence-electron chi connectivity index (χ1n) is 12.3. The van der Waals surface area contributed by atoms with E-state index >= 15 is 0 Å². The molecule has 2 unspecified atom stereocenters. The summed E-state index contributed by atoms with van der Waals surface area (Å²) in [6.45, 7) is 10.3. The van der Waals surface area contributed by atoms with Crippen molar-refractivity contribution in [3.8, 4) is 0 Å². The minimum atomic E-state index is -0.288. The zero-order valence-corrected chi connectivity index (χ0v) is 21.2. The van der Waals surface area contributed by atoms with Crippen LogP contribution in [0.25, 0.3) is 5.57 Å². The minimum Gasteiger partial charge on any atom is -0.466 e. The molecule has 1 fully saturated rings. The van der Waals surface area contributed by atoms with Gasteiger partial charge in [0, 0.05) is 52.1 Å². The molecular formula is C27H40N4O4. The van der Waals surface area contributed by atoms with Crippen LogP contribution in [0.5, 0.6) is 0 Å². The highest BCUT2D eigenvalue weighted by Crippen LogP contribution is 2.46. The SMILES string of the molecule is C=CCN1CC(C(=O)N(C)CCCOC(C)=O)CC2c3ccccc3/C(=C\N)C[C@H]21.CCNC=O. The number of rotatable bonds is 9. The van der Waals surface area contributed by atoms with Gasteiger partial charge in [-0.2, -0.15) is 0 Å². The zero-order chi connectivity index (χ0) is 25.8. The van der Waals surface area contributed by atoms with E-state index in [9.17, 15) is 14.4 Å². The summed E-state index contributed by atoms with van der Waals surface area (Å²) >= 11 is 0. The summed E-state index contributed by atoms with van der Waals surface area (Å²) in [6.07, 6.45) is 6.70. The van der Waals surface area contributed by atoms with Crippen LogP contribution in [0.1, 0.15) is 50.2 Å². The number of benzene rings is 1. The lowest BCUT2D eigenvalue weighted by molar-refractivity contribution is -0.141. The van der Waals surface area contributed by atoms with Gasteiger partial charge >= 0.3 is 5.97 Å². The monoisotopic (exact) mass is 484 g/mol. The molecule has 1 aromatic rings. The molecule has 192 valence electrons. The molecule has 0 spiro atoms. The van der Waals surface area contributed by atoms with Crippen LogP contribution in [0.4, 0.5) is 0 Å². The van der Waals surface area contributed by atoms with Crippen molar-refractivity contribution in [2.75, 3.05) is 39.8 Å². The summed E-state index contributed by atoms with van der Waals surface area (Å²) in [5, 5.41) is 2.43. The normalized spacial score (nSPS) is 22.0. The van der Waals surface area contributed by atoms with E-state index in [4.69, 9.17) is 10.5 Å². The van der Waals surface area contributed by atoms with Crippen LogP contribution < -0.4 is 11.1 Å². The minimum absolute atomic E-state index is 0.0682. The molecule has 2 amide bonds. The number of carbonyl (C=O) groups is 3. The molecule has 3 N–H and O–H groups in total. The van der Waals surface area contributed by atoms with Gasteiger partial charge in [0.15, 0.2) is 0 Å². The number of ether oxygens (including phenoxy) is 1. The van der Waals surface area contributed by atoms with Crippen molar-refractivity contribution in [3.05, 3.63) is 54.2 Å². The molecular weight excluding hydrogens is 444 g/mol. The predicted octanol–water partition coefficient (Wildman–Crippen LogP) is 2.51. The molecule has 3 atom stereocenters.